The van der Waals surface area contributed by atoms with E-state index in [0.29, 0.717) is 16.9 Å². The topological polar surface area (TPSA) is 20.3 Å². The number of likely N-dealkylation sites (tertiary alicyclic amines) is 1. The first-order chi connectivity index (χ1) is 12.6. The Hall–Kier alpha value is -1.94. The lowest BCUT2D eigenvalue weighted by Gasteiger charge is -2.29. The molecule has 26 heavy (non-hydrogen) atoms. The van der Waals surface area contributed by atoms with Gasteiger partial charge in [0.2, 0.25) is 5.91 Å². The van der Waals surface area contributed by atoms with Gasteiger partial charge in [-0.1, -0.05) is 55.5 Å². The number of nitrogens with zero attached hydrogens (tertiary/aromatic N) is 1. The van der Waals surface area contributed by atoms with E-state index in [4.69, 9.17) is 0 Å². The number of fused-ring (bicyclic) bond motifs is 1. The van der Waals surface area contributed by atoms with Crippen LogP contribution in [0, 0.1) is 23.6 Å². The third-order valence-electron chi connectivity index (χ3n) is 5.64. The monoisotopic (exact) mass is 413 g/mol. The van der Waals surface area contributed by atoms with E-state index in [2.05, 4.69) is 35.0 Å². The van der Waals surface area contributed by atoms with Crippen LogP contribution in [0.3, 0.4) is 0 Å². The normalized spacial score (nSPS) is 27.7. The van der Waals surface area contributed by atoms with Gasteiger partial charge in [-0.15, -0.1) is 0 Å². The van der Waals surface area contributed by atoms with Crippen molar-refractivity contribution in [2.75, 3.05) is 0 Å². The van der Waals surface area contributed by atoms with Crippen molar-refractivity contribution in [3.8, 4) is 0 Å². The van der Waals surface area contributed by atoms with E-state index in [-0.39, 0.29) is 29.6 Å². The van der Waals surface area contributed by atoms with Crippen molar-refractivity contribution in [1.82, 2.24) is 4.90 Å². The summed E-state index contributed by atoms with van der Waals surface area (Å²) in [5, 5.41) is 0. The van der Waals surface area contributed by atoms with Crippen LogP contribution in [0.1, 0.15) is 30.5 Å². The molecule has 2 aliphatic rings. The average Bonchev–Trinajstić information content (AvgIpc) is 2.92. The standard InChI is InChI=1S/C22H21BrFNO/c1-14-6-5-9-17-20(14)22(26)25(13-15-7-3-2-4-8-15)21(17)16-10-11-19(24)18(23)12-16/h2-5,7-12,14,17,20-21H,6,13H2,1H3. The number of benzene rings is 2. The minimum absolute atomic E-state index is 0.00228. The summed E-state index contributed by atoms with van der Waals surface area (Å²) in [5.74, 6) is 0.382. The Labute approximate surface area is 161 Å². The lowest BCUT2D eigenvalue weighted by atomic mass is 9.75. The van der Waals surface area contributed by atoms with Crippen molar-refractivity contribution in [2.24, 2.45) is 17.8 Å². The predicted molar refractivity (Wildman–Crippen MR) is 104 cm³/mol. The van der Waals surface area contributed by atoms with Crippen LogP contribution in [0.2, 0.25) is 0 Å². The molecule has 0 N–H and O–H groups in total. The molecule has 4 unspecified atom stereocenters. The first-order valence-electron chi connectivity index (χ1n) is 9.02. The third kappa shape index (κ3) is 3.01. The predicted octanol–water partition coefficient (Wildman–Crippen LogP) is 5.50. The second-order valence-corrected chi connectivity index (χ2v) is 8.17. The molecule has 4 rings (SSSR count). The number of rotatable bonds is 3. The van der Waals surface area contributed by atoms with Gasteiger partial charge in [-0.25, -0.2) is 4.39 Å². The minimum atomic E-state index is -0.281. The summed E-state index contributed by atoms with van der Waals surface area (Å²) in [6.07, 6.45) is 5.32. The van der Waals surface area contributed by atoms with E-state index in [9.17, 15) is 9.18 Å². The molecule has 1 aliphatic carbocycles. The van der Waals surface area contributed by atoms with Gasteiger partial charge in [0.05, 0.1) is 10.5 Å². The molecule has 1 heterocycles. The van der Waals surface area contributed by atoms with Gasteiger partial charge < -0.3 is 4.90 Å². The van der Waals surface area contributed by atoms with E-state index in [1.165, 1.54) is 6.07 Å². The molecule has 0 radical (unpaired) electrons. The summed E-state index contributed by atoms with van der Waals surface area (Å²) >= 11 is 3.30. The highest BCUT2D eigenvalue weighted by atomic mass is 79.9. The zero-order valence-corrected chi connectivity index (χ0v) is 16.2. The van der Waals surface area contributed by atoms with Crippen LogP contribution in [0.15, 0.2) is 65.2 Å². The minimum Gasteiger partial charge on any atom is -0.330 e. The van der Waals surface area contributed by atoms with E-state index >= 15 is 0 Å². The second kappa shape index (κ2) is 6.99. The molecule has 134 valence electrons. The number of allylic oxidation sites excluding steroid dienone is 1. The summed E-state index contributed by atoms with van der Waals surface area (Å²) in [5.41, 5.74) is 2.09. The molecular weight excluding hydrogens is 393 g/mol. The fourth-order valence-electron chi connectivity index (χ4n) is 4.40. The summed E-state index contributed by atoms with van der Waals surface area (Å²) in [4.78, 5) is 15.3. The van der Waals surface area contributed by atoms with Gasteiger partial charge in [-0.3, -0.25) is 4.79 Å². The van der Waals surface area contributed by atoms with Crippen LogP contribution >= 0.6 is 15.9 Å². The van der Waals surface area contributed by atoms with E-state index in [0.717, 1.165) is 17.5 Å². The molecule has 0 bridgehead atoms. The smallest absolute Gasteiger partial charge is 0.227 e. The van der Waals surface area contributed by atoms with Crippen LogP contribution in [0.5, 0.6) is 0 Å². The Balaban J connectivity index is 1.77. The summed E-state index contributed by atoms with van der Waals surface area (Å²) in [7, 11) is 0. The summed E-state index contributed by atoms with van der Waals surface area (Å²) in [6.45, 7) is 2.73. The van der Waals surface area contributed by atoms with Gasteiger partial charge in [0.25, 0.3) is 0 Å². The highest BCUT2D eigenvalue weighted by Crippen LogP contribution is 2.49. The SMILES string of the molecule is CC1CC=CC2C1C(=O)N(Cc1ccccc1)C2c1ccc(F)c(Br)c1. The van der Waals surface area contributed by atoms with E-state index in [1.807, 2.05) is 47.4 Å². The largest absolute Gasteiger partial charge is 0.330 e. The molecule has 4 heteroatoms. The number of amides is 1. The van der Waals surface area contributed by atoms with Gasteiger partial charge >= 0.3 is 0 Å². The molecule has 1 aliphatic heterocycles. The number of hydrogen-bond acceptors (Lipinski definition) is 1. The molecule has 1 amide bonds. The molecule has 0 saturated carbocycles. The Morgan fingerprint density at radius 3 is 2.69 bits per heavy atom. The number of halogens is 2. The highest BCUT2D eigenvalue weighted by molar-refractivity contribution is 9.10. The van der Waals surface area contributed by atoms with E-state index in [1.54, 1.807) is 0 Å². The second-order valence-electron chi connectivity index (χ2n) is 7.31. The zero-order valence-electron chi connectivity index (χ0n) is 14.6. The van der Waals surface area contributed by atoms with Crippen molar-refractivity contribution in [3.63, 3.8) is 0 Å². The molecule has 1 saturated heterocycles. The van der Waals surface area contributed by atoms with Crippen LogP contribution < -0.4 is 0 Å². The molecular formula is C22H21BrFNO. The van der Waals surface area contributed by atoms with Gasteiger partial charge in [0.1, 0.15) is 5.82 Å². The molecule has 1 fully saturated rings. The maximum atomic E-state index is 13.8. The van der Waals surface area contributed by atoms with Crippen molar-refractivity contribution >= 4 is 21.8 Å². The van der Waals surface area contributed by atoms with Crippen LogP contribution in [0.25, 0.3) is 0 Å². The lowest BCUT2D eigenvalue weighted by molar-refractivity contribution is -0.134. The Bertz CT molecular complexity index is 850. The first kappa shape index (κ1) is 17.5. The number of hydrogen-bond donors (Lipinski definition) is 0. The maximum absolute atomic E-state index is 13.8. The molecule has 2 aromatic rings. The van der Waals surface area contributed by atoms with E-state index < -0.39 is 0 Å². The Morgan fingerprint density at radius 2 is 1.96 bits per heavy atom. The number of carbonyl (C=O) groups is 1. The van der Waals surface area contributed by atoms with Crippen molar-refractivity contribution in [3.05, 3.63) is 82.1 Å². The molecule has 2 aromatic carbocycles. The van der Waals surface area contributed by atoms with Gasteiger partial charge in [0, 0.05) is 18.4 Å². The van der Waals surface area contributed by atoms with Crippen molar-refractivity contribution in [1.29, 1.82) is 0 Å². The van der Waals surface area contributed by atoms with Crippen molar-refractivity contribution in [2.45, 2.75) is 25.9 Å². The van der Waals surface area contributed by atoms with Crippen LogP contribution in [0.4, 0.5) is 4.39 Å². The lowest BCUT2D eigenvalue weighted by Crippen LogP contribution is -2.30. The van der Waals surface area contributed by atoms with Crippen LogP contribution in [-0.4, -0.2) is 10.8 Å². The average molecular weight is 414 g/mol. The van der Waals surface area contributed by atoms with Gasteiger partial charge in [-0.2, -0.15) is 0 Å². The molecule has 2 nitrogen and oxygen atoms in total. The molecule has 0 aromatic heterocycles. The van der Waals surface area contributed by atoms with Crippen molar-refractivity contribution < 1.29 is 9.18 Å². The fraction of sp³-hybridized carbons (Fsp3) is 0.318. The van der Waals surface area contributed by atoms with Gasteiger partial charge in [-0.05, 0) is 51.5 Å². The number of carbonyl (C=O) groups excluding carboxylic acids is 1. The van der Waals surface area contributed by atoms with Gasteiger partial charge in [0.15, 0.2) is 0 Å². The molecule has 4 atom stereocenters. The fourth-order valence-corrected chi connectivity index (χ4v) is 4.79. The Morgan fingerprint density at radius 1 is 1.19 bits per heavy atom. The third-order valence-corrected chi connectivity index (χ3v) is 6.25. The molecule has 0 spiro atoms. The maximum Gasteiger partial charge on any atom is 0.227 e. The summed E-state index contributed by atoms with van der Waals surface area (Å²) < 4.78 is 14.2. The quantitative estimate of drug-likeness (QED) is 0.608. The highest BCUT2D eigenvalue weighted by Gasteiger charge is 2.50. The zero-order chi connectivity index (χ0) is 18.3. The summed E-state index contributed by atoms with van der Waals surface area (Å²) in [6, 6.07) is 15.1. The Kier molecular flexibility index (Phi) is 4.70. The first-order valence-corrected chi connectivity index (χ1v) is 9.81. The van der Waals surface area contributed by atoms with Crippen LogP contribution in [-0.2, 0) is 11.3 Å².